The third kappa shape index (κ3) is 4.09. The number of nitrogens with zero attached hydrogens (tertiary/aromatic N) is 6. The van der Waals surface area contributed by atoms with Crippen molar-refractivity contribution < 1.29 is 4.79 Å². The van der Waals surface area contributed by atoms with Gasteiger partial charge in [0.1, 0.15) is 0 Å². The number of rotatable bonds is 5. The molecule has 0 aromatic carbocycles. The summed E-state index contributed by atoms with van der Waals surface area (Å²) in [6.45, 7) is 5.63. The van der Waals surface area contributed by atoms with Gasteiger partial charge in [-0.2, -0.15) is 0 Å². The zero-order valence-corrected chi connectivity index (χ0v) is 15.1. The maximum Gasteiger partial charge on any atom is 0.276 e. The van der Waals surface area contributed by atoms with Gasteiger partial charge in [0, 0.05) is 45.1 Å². The fourth-order valence-corrected chi connectivity index (χ4v) is 4.03. The number of likely N-dealkylation sites (tertiary alicyclic amines) is 2. The summed E-state index contributed by atoms with van der Waals surface area (Å²) in [6, 6.07) is 4.12. The van der Waals surface area contributed by atoms with E-state index < -0.39 is 0 Å². The predicted octanol–water partition coefficient (Wildman–Crippen LogP) is 1.82. The van der Waals surface area contributed by atoms with Crippen LogP contribution in [0.5, 0.6) is 0 Å². The van der Waals surface area contributed by atoms with Crippen molar-refractivity contribution in [1.29, 1.82) is 0 Å². The highest BCUT2D eigenvalue weighted by Gasteiger charge is 2.24. The molecule has 1 unspecified atom stereocenters. The molecule has 0 N–H and O–H groups in total. The molecule has 7 nitrogen and oxygen atoms in total. The zero-order valence-electron chi connectivity index (χ0n) is 15.1. The minimum Gasteiger partial charge on any atom is -0.337 e. The van der Waals surface area contributed by atoms with Crippen LogP contribution in [0.15, 0.2) is 30.7 Å². The fourth-order valence-electron chi connectivity index (χ4n) is 4.03. The van der Waals surface area contributed by atoms with Gasteiger partial charge in [0.25, 0.3) is 5.91 Å². The number of hydrogen-bond acceptors (Lipinski definition) is 5. The Morgan fingerprint density at radius 1 is 1.19 bits per heavy atom. The van der Waals surface area contributed by atoms with E-state index in [-0.39, 0.29) is 5.91 Å². The number of carbonyl (C=O) groups is 1. The Bertz CT molecular complexity index is 725. The van der Waals surface area contributed by atoms with Crippen molar-refractivity contribution in [3.05, 3.63) is 42.0 Å². The summed E-state index contributed by atoms with van der Waals surface area (Å²) in [7, 11) is 0. The average molecular weight is 354 g/mol. The molecular formula is C19H26N6O. The van der Waals surface area contributed by atoms with E-state index in [0.29, 0.717) is 11.6 Å². The topological polar surface area (TPSA) is 67.2 Å². The van der Waals surface area contributed by atoms with E-state index >= 15 is 0 Å². The highest BCUT2D eigenvalue weighted by Crippen LogP contribution is 2.20. The van der Waals surface area contributed by atoms with Gasteiger partial charge in [-0.3, -0.25) is 19.4 Å². The summed E-state index contributed by atoms with van der Waals surface area (Å²) in [5, 5.41) is 8.32. The third-order valence-corrected chi connectivity index (χ3v) is 5.33. The van der Waals surface area contributed by atoms with E-state index in [4.69, 9.17) is 0 Å². The number of amides is 1. The molecule has 0 radical (unpaired) electrons. The van der Waals surface area contributed by atoms with E-state index in [1.165, 1.54) is 18.4 Å². The molecule has 1 atom stereocenters. The van der Waals surface area contributed by atoms with Gasteiger partial charge in [-0.1, -0.05) is 11.3 Å². The molecule has 0 bridgehead atoms. The molecule has 0 spiro atoms. The van der Waals surface area contributed by atoms with Gasteiger partial charge >= 0.3 is 0 Å². The lowest BCUT2D eigenvalue weighted by Gasteiger charge is -2.32. The van der Waals surface area contributed by atoms with Gasteiger partial charge in [-0.15, -0.1) is 5.10 Å². The lowest BCUT2D eigenvalue weighted by Crippen LogP contribution is -2.36. The van der Waals surface area contributed by atoms with Gasteiger partial charge in [-0.25, -0.2) is 0 Å². The summed E-state index contributed by atoms with van der Waals surface area (Å²) in [6.07, 6.45) is 10.1. The standard InChI is InChI=1S/C19H26N6O/c26-19(24-9-1-2-10-24)18-15-25(22-21-18)14-17-6-4-8-23(13-17)12-16-5-3-7-20-11-16/h3,5,7,11,15,17H,1-2,4,6,8-10,12-14H2. The van der Waals surface area contributed by atoms with Gasteiger partial charge in [0.2, 0.25) is 0 Å². The van der Waals surface area contributed by atoms with Crippen LogP contribution in [-0.4, -0.2) is 61.9 Å². The van der Waals surface area contributed by atoms with E-state index in [0.717, 1.165) is 52.1 Å². The summed E-state index contributed by atoms with van der Waals surface area (Å²) < 4.78 is 1.85. The van der Waals surface area contributed by atoms with Crippen LogP contribution in [0.4, 0.5) is 0 Å². The molecule has 2 aromatic heterocycles. The van der Waals surface area contributed by atoms with Crippen molar-refractivity contribution in [3.8, 4) is 0 Å². The molecule has 7 heteroatoms. The first-order valence-corrected chi connectivity index (χ1v) is 9.58. The molecule has 0 aliphatic carbocycles. The highest BCUT2D eigenvalue weighted by molar-refractivity contribution is 5.92. The SMILES string of the molecule is O=C(c1cn(CC2CCCN(Cc3cccnc3)C2)nn1)N1CCCC1. The Morgan fingerprint density at radius 2 is 2.08 bits per heavy atom. The average Bonchev–Trinajstić information content (AvgIpc) is 3.34. The van der Waals surface area contributed by atoms with Crippen LogP contribution in [-0.2, 0) is 13.1 Å². The monoisotopic (exact) mass is 354 g/mol. The van der Waals surface area contributed by atoms with Crippen LogP contribution < -0.4 is 0 Å². The highest BCUT2D eigenvalue weighted by atomic mass is 16.2. The summed E-state index contributed by atoms with van der Waals surface area (Å²) >= 11 is 0. The Hall–Kier alpha value is -2.28. The Balaban J connectivity index is 1.33. The summed E-state index contributed by atoms with van der Waals surface area (Å²) in [5.41, 5.74) is 1.74. The van der Waals surface area contributed by atoms with Crippen LogP contribution in [0.2, 0.25) is 0 Å². The molecule has 2 aliphatic heterocycles. The minimum atomic E-state index is 0.0237. The molecule has 0 saturated carbocycles. The van der Waals surface area contributed by atoms with Crippen molar-refractivity contribution in [2.75, 3.05) is 26.2 Å². The van der Waals surface area contributed by atoms with E-state index in [2.05, 4.69) is 26.3 Å². The van der Waals surface area contributed by atoms with Gasteiger partial charge in [0.05, 0.1) is 6.20 Å². The largest absolute Gasteiger partial charge is 0.337 e. The number of piperidine rings is 1. The van der Waals surface area contributed by atoms with Crippen LogP contribution in [0.1, 0.15) is 41.7 Å². The molecular weight excluding hydrogens is 328 g/mol. The van der Waals surface area contributed by atoms with Crippen LogP contribution in [0, 0.1) is 5.92 Å². The Labute approximate surface area is 154 Å². The number of hydrogen-bond donors (Lipinski definition) is 0. The Morgan fingerprint density at radius 3 is 2.88 bits per heavy atom. The van der Waals surface area contributed by atoms with Crippen LogP contribution >= 0.6 is 0 Å². The van der Waals surface area contributed by atoms with Gasteiger partial charge < -0.3 is 4.90 Å². The molecule has 26 heavy (non-hydrogen) atoms. The molecule has 1 amide bonds. The second-order valence-electron chi connectivity index (χ2n) is 7.43. The maximum atomic E-state index is 12.4. The second-order valence-corrected chi connectivity index (χ2v) is 7.43. The Kier molecular flexibility index (Phi) is 5.24. The van der Waals surface area contributed by atoms with Crippen molar-refractivity contribution in [2.45, 2.75) is 38.8 Å². The first kappa shape index (κ1) is 17.1. The molecule has 4 heterocycles. The molecule has 4 rings (SSSR count). The first-order valence-electron chi connectivity index (χ1n) is 9.58. The molecule has 2 aromatic rings. The van der Waals surface area contributed by atoms with Crippen LogP contribution in [0.25, 0.3) is 0 Å². The van der Waals surface area contributed by atoms with Crippen molar-refractivity contribution in [3.63, 3.8) is 0 Å². The second kappa shape index (κ2) is 7.95. The lowest BCUT2D eigenvalue weighted by molar-refractivity contribution is 0.0787. The zero-order chi connectivity index (χ0) is 17.8. The molecule has 2 aliphatic rings. The number of pyridine rings is 1. The molecule has 138 valence electrons. The predicted molar refractivity (Wildman–Crippen MR) is 97.4 cm³/mol. The first-order chi connectivity index (χ1) is 12.8. The van der Waals surface area contributed by atoms with E-state index in [1.54, 1.807) is 0 Å². The van der Waals surface area contributed by atoms with Crippen molar-refractivity contribution in [1.82, 2.24) is 29.8 Å². The minimum absolute atomic E-state index is 0.0237. The van der Waals surface area contributed by atoms with Crippen LogP contribution in [0.3, 0.4) is 0 Å². The number of carbonyl (C=O) groups excluding carboxylic acids is 1. The lowest BCUT2D eigenvalue weighted by atomic mass is 9.97. The summed E-state index contributed by atoms with van der Waals surface area (Å²) in [4.78, 5) is 21.0. The van der Waals surface area contributed by atoms with Crippen molar-refractivity contribution in [2.24, 2.45) is 5.92 Å². The normalized spacial score (nSPS) is 21.2. The quantitative estimate of drug-likeness (QED) is 0.819. The number of aromatic nitrogens is 4. The fraction of sp³-hybridized carbons (Fsp3) is 0.579. The van der Waals surface area contributed by atoms with E-state index in [1.807, 2.05) is 34.2 Å². The maximum absolute atomic E-state index is 12.4. The van der Waals surface area contributed by atoms with Crippen molar-refractivity contribution >= 4 is 5.91 Å². The molecule has 2 fully saturated rings. The third-order valence-electron chi connectivity index (χ3n) is 5.33. The summed E-state index contributed by atoms with van der Waals surface area (Å²) in [5.74, 6) is 0.562. The van der Waals surface area contributed by atoms with Gasteiger partial charge in [0.15, 0.2) is 5.69 Å². The van der Waals surface area contributed by atoms with E-state index in [9.17, 15) is 4.79 Å². The van der Waals surface area contributed by atoms with Gasteiger partial charge in [-0.05, 0) is 49.8 Å². The smallest absolute Gasteiger partial charge is 0.276 e. The molecule has 2 saturated heterocycles.